The molecule has 1 unspecified atom stereocenters. The Morgan fingerprint density at radius 2 is 1.00 bits per heavy atom. The normalized spacial score (nSPS) is 13.3. The molecular formula is C12H23F3S. The molecule has 1 atom stereocenters. The van der Waals surface area contributed by atoms with Gasteiger partial charge >= 0.3 is 0 Å². The van der Waals surface area contributed by atoms with Crippen molar-refractivity contribution in [1.29, 1.82) is 0 Å². The summed E-state index contributed by atoms with van der Waals surface area (Å²) in [5.74, 6) is 0. The van der Waals surface area contributed by atoms with Crippen LogP contribution in [0.25, 0.3) is 0 Å². The lowest BCUT2D eigenvalue weighted by Gasteiger charge is -2.03. The van der Waals surface area contributed by atoms with Crippen LogP contribution in [0.3, 0.4) is 0 Å². The first-order chi connectivity index (χ1) is 7.63. The maximum atomic E-state index is 12.3. The van der Waals surface area contributed by atoms with E-state index in [0.717, 1.165) is 44.9 Å². The van der Waals surface area contributed by atoms with Crippen molar-refractivity contribution in [1.82, 2.24) is 0 Å². The van der Waals surface area contributed by atoms with Gasteiger partial charge in [-0.25, -0.2) is 13.2 Å². The molecule has 0 aliphatic rings. The van der Waals surface area contributed by atoms with Crippen LogP contribution in [0.1, 0.15) is 64.2 Å². The van der Waals surface area contributed by atoms with Crippen LogP contribution in [-0.2, 0) is 0 Å². The Bertz CT molecular complexity index is 124. The smallest absolute Gasteiger partial charge is 0.236 e. The van der Waals surface area contributed by atoms with E-state index < -0.39 is 11.9 Å². The fourth-order valence-corrected chi connectivity index (χ4v) is 1.85. The van der Waals surface area contributed by atoms with E-state index in [4.69, 9.17) is 0 Å². The SMILES string of the molecule is FC(F)CCCCCCCCCCC(F)S. The molecule has 0 saturated carbocycles. The summed E-state index contributed by atoms with van der Waals surface area (Å²) in [6.07, 6.45) is 6.36. The Labute approximate surface area is 102 Å². The predicted molar refractivity (Wildman–Crippen MR) is 66.1 cm³/mol. The number of unbranched alkanes of at least 4 members (excludes halogenated alkanes) is 7. The fourth-order valence-electron chi connectivity index (χ4n) is 1.67. The van der Waals surface area contributed by atoms with Crippen molar-refractivity contribution in [2.45, 2.75) is 76.1 Å². The lowest BCUT2D eigenvalue weighted by molar-refractivity contribution is 0.133. The first-order valence-corrected chi connectivity index (χ1v) is 6.75. The second-order valence-corrected chi connectivity index (χ2v) is 4.79. The summed E-state index contributed by atoms with van der Waals surface area (Å²) < 4.78 is 35.8. The van der Waals surface area contributed by atoms with E-state index in [1.54, 1.807) is 0 Å². The zero-order chi connectivity index (χ0) is 12.2. The lowest BCUT2D eigenvalue weighted by Crippen LogP contribution is -1.90. The van der Waals surface area contributed by atoms with Crippen molar-refractivity contribution < 1.29 is 13.2 Å². The quantitative estimate of drug-likeness (QED) is 0.372. The van der Waals surface area contributed by atoms with Crippen LogP contribution in [0.4, 0.5) is 13.2 Å². The maximum absolute atomic E-state index is 12.3. The molecule has 4 heteroatoms. The molecule has 0 amide bonds. The molecule has 16 heavy (non-hydrogen) atoms. The second-order valence-electron chi connectivity index (χ2n) is 4.23. The average Bonchev–Trinajstić information content (AvgIpc) is 2.20. The summed E-state index contributed by atoms with van der Waals surface area (Å²) >= 11 is 3.67. The van der Waals surface area contributed by atoms with Gasteiger partial charge in [0, 0.05) is 6.42 Å². The molecule has 0 rings (SSSR count). The van der Waals surface area contributed by atoms with E-state index >= 15 is 0 Å². The Hall–Kier alpha value is 0.140. The molecule has 0 aromatic carbocycles. The molecular weight excluding hydrogens is 233 g/mol. The molecule has 0 radical (unpaired) electrons. The number of rotatable bonds is 11. The van der Waals surface area contributed by atoms with Gasteiger partial charge in [-0.15, -0.1) is 12.6 Å². The van der Waals surface area contributed by atoms with Gasteiger partial charge in [0.25, 0.3) is 0 Å². The summed E-state index contributed by atoms with van der Waals surface area (Å²) in [6, 6.07) is 0. The average molecular weight is 256 g/mol. The zero-order valence-corrected chi connectivity index (χ0v) is 10.7. The largest absolute Gasteiger partial charge is 0.238 e. The minimum atomic E-state index is -2.14. The molecule has 0 aliphatic carbocycles. The molecule has 0 saturated heterocycles. The second kappa shape index (κ2) is 11.6. The summed E-state index contributed by atoms with van der Waals surface area (Å²) in [5.41, 5.74) is -0.977. The Morgan fingerprint density at radius 3 is 1.38 bits per heavy atom. The van der Waals surface area contributed by atoms with Crippen LogP contribution in [0.15, 0.2) is 0 Å². The van der Waals surface area contributed by atoms with Gasteiger partial charge in [-0.2, -0.15) is 0 Å². The number of alkyl halides is 3. The number of thiol groups is 1. The van der Waals surface area contributed by atoms with E-state index in [1.165, 1.54) is 0 Å². The molecule has 0 bridgehead atoms. The van der Waals surface area contributed by atoms with Crippen LogP contribution in [0.5, 0.6) is 0 Å². The monoisotopic (exact) mass is 256 g/mol. The highest BCUT2D eigenvalue weighted by molar-refractivity contribution is 7.80. The number of hydrogen-bond donors (Lipinski definition) is 1. The third kappa shape index (κ3) is 14.1. The minimum absolute atomic E-state index is 0.0415. The number of halogens is 3. The van der Waals surface area contributed by atoms with Crippen molar-refractivity contribution in [3.05, 3.63) is 0 Å². The van der Waals surface area contributed by atoms with Gasteiger partial charge in [0.15, 0.2) is 0 Å². The van der Waals surface area contributed by atoms with Gasteiger partial charge in [-0.1, -0.05) is 38.5 Å². The van der Waals surface area contributed by atoms with Gasteiger partial charge in [0.1, 0.15) is 5.50 Å². The predicted octanol–water partition coefficient (Wildman–Crippen LogP) is 5.38. The summed E-state index contributed by atoms with van der Waals surface area (Å²) in [6.45, 7) is 0. The van der Waals surface area contributed by atoms with Crippen LogP contribution in [-0.4, -0.2) is 11.9 Å². The van der Waals surface area contributed by atoms with Gasteiger partial charge < -0.3 is 0 Å². The van der Waals surface area contributed by atoms with Crippen molar-refractivity contribution in [2.75, 3.05) is 0 Å². The molecule has 0 N–H and O–H groups in total. The van der Waals surface area contributed by atoms with E-state index in [9.17, 15) is 13.2 Å². The Morgan fingerprint density at radius 1 is 0.625 bits per heavy atom. The van der Waals surface area contributed by atoms with Gasteiger partial charge in [0.05, 0.1) is 0 Å². The highest BCUT2D eigenvalue weighted by Crippen LogP contribution is 2.14. The van der Waals surface area contributed by atoms with Crippen molar-refractivity contribution in [2.24, 2.45) is 0 Å². The molecule has 0 aromatic rings. The van der Waals surface area contributed by atoms with Gasteiger partial charge in [-0.05, 0) is 19.3 Å². The fraction of sp³-hybridized carbons (Fsp3) is 1.00. The molecule has 0 heterocycles. The van der Waals surface area contributed by atoms with Crippen LogP contribution < -0.4 is 0 Å². The van der Waals surface area contributed by atoms with Crippen molar-refractivity contribution in [3.8, 4) is 0 Å². The molecule has 0 aliphatic heterocycles. The van der Waals surface area contributed by atoms with Crippen molar-refractivity contribution >= 4 is 12.6 Å². The highest BCUT2D eigenvalue weighted by Gasteiger charge is 2.01. The highest BCUT2D eigenvalue weighted by atomic mass is 32.1. The topological polar surface area (TPSA) is 0 Å². The van der Waals surface area contributed by atoms with Crippen molar-refractivity contribution in [3.63, 3.8) is 0 Å². The summed E-state index contributed by atoms with van der Waals surface area (Å²) in [7, 11) is 0. The van der Waals surface area contributed by atoms with Crippen LogP contribution >= 0.6 is 12.6 Å². The van der Waals surface area contributed by atoms with E-state index in [2.05, 4.69) is 12.6 Å². The van der Waals surface area contributed by atoms with Crippen LogP contribution in [0, 0.1) is 0 Å². The molecule has 0 aromatic heterocycles. The van der Waals surface area contributed by atoms with Crippen LogP contribution in [0.2, 0.25) is 0 Å². The Balaban J connectivity index is 2.93. The summed E-state index contributed by atoms with van der Waals surface area (Å²) in [4.78, 5) is 0. The third-order valence-corrected chi connectivity index (χ3v) is 2.87. The first kappa shape index (κ1) is 16.1. The molecule has 98 valence electrons. The molecule has 0 spiro atoms. The Kier molecular flexibility index (Phi) is 11.7. The van der Waals surface area contributed by atoms with E-state index in [1.807, 2.05) is 0 Å². The molecule has 0 nitrogen and oxygen atoms in total. The lowest BCUT2D eigenvalue weighted by atomic mass is 10.1. The maximum Gasteiger partial charge on any atom is 0.238 e. The minimum Gasteiger partial charge on any atom is -0.236 e. The first-order valence-electron chi connectivity index (χ1n) is 6.23. The number of hydrogen-bond acceptors (Lipinski definition) is 1. The van der Waals surface area contributed by atoms with E-state index in [0.29, 0.717) is 12.8 Å². The third-order valence-electron chi connectivity index (χ3n) is 2.61. The zero-order valence-electron chi connectivity index (χ0n) is 9.81. The standard InChI is InChI=1S/C12H23F3S/c13-11(14)9-7-5-3-1-2-4-6-8-10-12(15)16/h11-12,16H,1-10H2. The van der Waals surface area contributed by atoms with Gasteiger partial charge in [-0.3, -0.25) is 0 Å². The van der Waals surface area contributed by atoms with Gasteiger partial charge in [0.2, 0.25) is 6.43 Å². The summed E-state index contributed by atoms with van der Waals surface area (Å²) in [5, 5.41) is 0. The van der Waals surface area contributed by atoms with E-state index in [-0.39, 0.29) is 6.42 Å². The molecule has 0 fully saturated rings.